The fourth-order valence-corrected chi connectivity index (χ4v) is 1.74. The van der Waals surface area contributed by atoms with Gasteiger partial charge in [-0.2, -0.15) is 0 Å². The molecule has 1 aromatic rings. The third kappa shape index (κ3) is 1.70. The quantitative estimate of drug-likeness (QED) is 0.680. The zero-order valence-corrected chi connectivity index (χ0v) is 7.98. The van der Waals surface area contributed by atoms with Crippen LogP contribution in [0, 0.1) is 6.92 Å². The van der Waals surface area contributed by atoms with Crippen LogP contribution in [0.3, 0.4) is 0 Å². The van der Waals surface area contributed by atoms with Gasteiger partial charge in [-0.1, -0.05) is 0 Å². The first-order valence-electron chi connectivity index (χ1n) is 3.62. The van der Waals surface area contributed by atoms with Crippen LogP contribution in [0.15, 0.2) is 11.0 Å². The number of rotatable bonds is 2. The molecule has 0 amide bonds. The van der Waals surface area contributed by atoms with E-state index < -0.39 is 0 Å². The SMILES string of the molecule is CSc1cc(C)nc(O)c1CN. The van der Waals surface area contributed by atoms with Crippen LogP contribution in [0.5, 0.6) is 5.88 Å². The maximum Gasteiger partial charge on any atom is 0.216 e. The van der Waals surface area contributed by atoms with Gasteiger partial charge in [-0.15, -0.1) is 11.8 Å². The number of thioether (sulfide) groups is 1. The van der Waals surface area contributed by atoms with Gasteiger partial charge in [0, 0.05) is 22.7 Å². The fourth-order valence-electron chi connectivity index (χ4n) is 1.03. The maximum atomic E-state index is 9.40. The van der Waals surface area contributed by atoms with Crippen molar-refractivity contribution in [2.45, 2.75) is 18.4 Å². The van der Waals surface area contributed by atoms with Gasteiger partial charge in [0.25, 0.3) is 0 Å². The highest BCUT2D eigenvalue weighted by Gasteiger charge is 2.07. The Balaban J connectivity index is 3.24. The predicted octanol–water partition coefficient (Wildman–Crippen LogP) is 1.28. The number of hydrogen-bond acceptors (Lipinski definition) is 4. The molecule has 0 saturated carbocycles. The lowest BCUT2D eigenvalue weighted by atomic mass is 10.2. The van der Waals surface area contributed by atoms with Crippen molar-refractivity contribution in [1.82, 2.24) is 4.98 Å². The molecular weight excluding hydrogens is 172 g/mol. The average Bonchev–Trinajstić information content (AvgIpc) is 2.03. The molecule has 0 radical (unpaired) electrons. The van der Waals surface area contributed by atoms with Crippen LogP contribution in [0.2, 0.25) is 0 Å². The van der Waals surface area contributed by atoms with Gasteiger partial charge in [-0.3, -0.25) is 0 Å². The molecule has 0 spiro atoms. The van der Waals surface area contributed by atoms with E-state index in [-0.39, 0.29) is 5.88 Å². The smallest absolute Gasteiger partial charge is 0.216 e. The highest BCUT2D eigenvalue weighted by atomic mass is 32.2. The molecule has 1 rings (SSSR count). The largest absolute Gasteiger partial charge is 0.493 e. The van der Waals surface area contributed by atoms with Gasteiger partial charge >= 0.3 is 0 Å². The molecule has 0 saturated heterocycles. The molecule has 12 heavy (non-hydrogen) atoms. The van der Waals surface area contributed by atoms with Crippen LogP contribution in [-0.2, 0) is 6.54 Å². The Kier molecular flexibility index (Phi) is 2.94. The van der Waals surface area contributed by atoms with Gasteiger partial charge < -0.3 is 10.8 Å². The van der Waals surface area contributed by atoms with Gasteiger partial charge in [0.15, 0.2) is 0 Å². The van der Waals surface area contributed by atoms with E-state index >= 15 is 0 Å². The lowest BCUT2D eigenvalue weighted by Crippen LogP contribution is -2.01. The Morgan fingerprint density at radius 2 is 2.33 bits per heavy atom. The number of hydrogen-bond donors (Lipinski definition) is 2. The predicted molar refractivity (Wildman–Crippen MR) is 50.3 cm³/mol. The number of nitrogens with two attached hydrogens (primary N) is 1. The summed E-state index contributed by atoms with van der Waals surface area (Å²) >= 11 is 1.57. The Morgan fingerprint density at radius 3 is 2.83 bits per heavy atom. The Bertz CT molecular complexity index is 289. The summed E-state index contributed by atoms with van der Waals surface area (Å²) in [5.41, 5.74) is 7.01. The molecule has 0 fully saturated rings. The van der Waals surface area contributed by atoms with Crippen molar-refractivity contribution in [2.24, 2.45) is 5.73 Å². The highest BCUT2D eigenvalue weighted by molar-refractivity contribution is 7.98. The molecule has 1 aromatic heterocycles. The second-order valence-electron chi connectivity index (χ2n) is 2.47. The van der Waals surface area contributed by atoms with Crippen molar-refractivity contribution >= 4 is 11.8 Å². The van der Waals surface area contributed by atoms with Gasteiger partial charge in [0.2, 0.25) is 5.88 Å². The lowest BCUT2D eigenvalue weighted by Gasteiger charge is -2.07. The minimum Gasteiger partial charge on any atom is -0.493 e. The Morgan fingerprint density at radius 1 is 1.67 bits per heavy atom. The van der Waals surface area contributed by atoms with Crippen molar-refractivity contribution in [3.05, 3.63) is 17.3 Å². The van der Waals surface area contributed by atoms with E-state index in [0.717, 1.165) is 16.2 Å². The number of pyridine rings is 1. The van der Waals surface area contributed by atoms with E-state index in [1.165, 1.54) is 0 Å². The van der Waals surface area contributed by atoms with E-state index in [4.69, 9.17) is 5.73 Å². The lowest BCUT2D eigenvalue weighted by molar-refractivity contribution is 0.442. The second kappa shape index (κ2) is 3.78. The van der Waals surface area contributed by atoms with Crippen LogP contribution in [0.1, 0.15) is 11.3 Å². The molecule has 4 heteroatoms. The van der Waals surface area contributed by atoms with Crippen LogP contribution >= 0.6 is 11.8 Å². The average molecular weight is 184 g/mol. The first kappa shape index (κ1) is 9.35. The number of nitrogens with zero attached hydrogens (tertiary/aromatic N) is 1. The Labute approximate surface area is 76.0 Å². The molecule has 0 aromatic carbocycles. The first-order valence-corrected chi connectivity index (χ1v) is 4.85. The summed E-state index contributed by atoms with van der Waals surface area (Å²) in [6.45, 7) is 2.18. The van der Waals surface area contributed by atoms with Crippen LogP contribution in [0.25, 0.3) is 0 Å². The molecule has 0 aliphatic carbocycles. The number of aromatic hydroxyl groups is 1. The maximum absolute atomic E-state index is 9.40. The molecule has 0 bridgehead atoms. The van der Waals surface area contributed by atoms with Gasteiger partial charge in [0.05, 0.1) is 0 Å². The fraction of sp³-hybridized carbons (Fsp3) is 0.375. The van der Waals surface area contributed by atoms with Crippen molar-refractivity contribution in [1.29, 1.82) is 0 Å². The van der Waals surface area contributed by atoms with E-state index in [1.54, 1.807) is 11.8 Å². The molecular formula is C8H12N2OS. The van der Waals surface area contributed by atoms with Crippen molar-refractivity contribution < 1.29 is 5.11 Å². The summed E-state index contributed by atoms with van der Waals surface area (Å²) < 4.78 is 0. The summed E-state index contributed by atoms with van der Waals surface area (Å²) in [7, 11) is 0. The zero-order valence-electron chi connectivity index (χ0n) is 7.16. The molecule has 66 valence electrons. The van der Waals surface area contributed by atoms with Crippen molar-refractivity contribution in [3.8, 4) is 5.88 Å². The van der Waals surface area contributed by atoms with E-state index in [0.29, 0.717) is 6.54 Å². The van der Waals surface area contributed by atoms with Gasteiger partial charge in [0.1, 0.15) is 0 Å². The minimum atomic E-state index is 0.0573. The van der Waals surface area contributed by atoms with Gasteiger partial charge in [-0.25, -0.2) is 4.98 Å². The van der Waals surface area contributed by atoms with Crippen molar-refractivity contribution in [3.63, 3.8) is 0 Å². The van der Waals surface area contributed by atoms with E-state index in [1.807, 2.05) is 19.2 Å². The summed E-state index contributed by atoms with van der Waals surface area (Å²) in [6.07, 6.45) is 1.95. The summed E-state index contributed by atoms with van der Waals surface area (Å²) in [5, 5.41) is 9.40. The zero-order chi connectivity index (χ0) is 9.14. The molecule has 3 N–H and O–H groups in total. The standard InChI is InChI=1S/C8H12N2OS/c1-5-3-7(12-2)6(4-9)8(11)10-5/h3H,4,9H2,1-2H3,(H,10,11). The first-order chi connectivity index (χ1) is 5.69. The van der Waals surface area contributed by atoms with Crippen LogP contribution in [0.4, 0.5) is 0 Å². The number of aryl methyl sites for hydroxylation is 1. The topological polar surface area (TPSA) is 59.1 Å². The van der Waals surface area contributed by atoms with Crippen molar-refractivity contribution in [2.75, 3.05) is 6.26 Å². The second-order valence-corrected chi connectivity index (χ2v) is 3.32. The number of aromatic nitrogens is 1. The van der Waals surface area contributed by atoms with Crippen LogP contribution in [-0.4, -0.2) is 16.3 Å². The van der Waals surface area contributed by atoms with Gasteiger partial charge in [-0.05, 0) is 19.2 Å². The molecule has 0 atom stereocenters. The van der Waals surface area contributed by atoms with E-state index in [2.05, 4.69) is 4.98 Å². The third-order valence-corrected chi connectivity index (χ3v) is 2.42. The summed E-state index contributed by atoms with van der Waals surface area (Å²) in [4.78, 5) is 4.92. The Hall–Kier alpha value is -0.740. The molecule has 0 unspecified atom stereocenters. The van der Waals surface area contributed by atoms with E-state index in [9.17, 15) is 5.11 Å². The summed E-state index contributed by atoms with van der Waals surface area (Å²) in [6, 6.07) is 1.92. The minimum absolute atomic E-state index is 0.0573. The molecule has 0 aliphatic rings. The molecule has 0 aliphatic heterocycles. The normalized spacial score (nSPS) is 10.2. The summed E-state index contributed by atoms with van der Waals surface area (Å²) in [5.74, 6) is 0.0573. The monoisotopic (exact) mass is 184 g/mol. The highest BCUT2D eigenvalue weighted by Crippen LogP contribution is 2.26. The van der Waals surface area contributed by atoms with Crippen LogP contribution < -0.4 is 5.73 Å². The molecule has 1 heterocycles. The third-order valence-electron chi connectivity index (χ3n) is 1.61. The molecule has 3 nitrogen and oxygen atoms in total.